The van der Waals surface area contributed by atoms with Gasteiger partial charge in [0.1, 0.15) is 17.2 Å². The average Bonchev–Trinajstić information content (AvgIpc) is 3.53. The minimum atomic E-state index is -4.53. The molecule has 27 heavy (non-hydrogen) atoms. The van der Waals surface area contributed by atoms with Gasteiger partial charge in [-0.1, -0.05) is 0 Å². The van der Waals surface area contributed by atoms with E-state index in [-0.39, 0.29) is 29.6 Å². The number of nitriles is 1. The van der Waals surface area contributed by atoms with E-state index in [0.717, 1.165) is 31.2 Å². The second-order valence-corrected chi connectivity index (χ2v) is 6.82. The molecule has 142 valence electrons. The first-order chi connectivity index (χ1) is 12.9. The summed E-state index contributed by atoms with van der Waals surface area (Å²) >= 11 is 0. The van der Waals surface area contributed by atoms with Gasteiger partial charge < -0.3 is 10.6 Å². The van der Waals surface area contributed by atoms with Crippen molar-refractivity contribution < 1.29 is 13.2 Å². The number of hydrogen-bond donors (Lipinski definition) is 2. The molecule has 4 rings (SSSR count). The van der Waals surface area contributed by atoms with E-state index in [1.165, 1.54) is 0 Å². The van der Waals surface area contributed by atoms with Crippen molar-refractivity contribution in [3.63, 3.8) is 0 Å². The van der Waals surface area contributed by atoms with E-state index in [1.807, 2.05) is 10.7 Å². The number of halogens is 3. The third kappa shape index (κ3) is 3.54. The molecule has 0 spiro atoms. The van der Waals surface area contributed by atoms with Crippen LogP contribution in [-0.2, 0) is 6.18 Å². The molecular weight excluding hydrogens is 359 g/mol. The Morgan fingerprint density at radius 3 is 2.74 bits per heavy atom. The van der Waals surface area contributed by atoms with Crippen molar-refractivity contribution in [2.45, 2.75) is 44.3 Å². The number of hydrogen-bond acceptors (Lipinski definition) is 6. The molecule has 0 unspecified atom stereocenters. The van der Waals surface area contributed by atoms with Crippen LogP contribution >= 0.6 is 0 Å². The molecule has 0 radical (unpaired) electrons. The molecule has 2 aliphatic rings. The van der Waals surface area contributed by atoms with Gasteiger partial charge in [-0.05, 0) is 26.2 Å². The molecular formula is C17H18F3N7. The minimum absolute atomic E-state index is 0.0110. The highest BCUT2D eigenvalue weighted by atomic mass is 19.4. The van der Waals surface area contributed by atoms with Crippen LogP contribution in [0.15, 0.2) is 12.3 Å². The van der Waals surface area contributed by atoms with Gasteiger partial charge in [0.2, 0.25) is 5.95 Å². The van der Waals surface area contributed by atoms with Gasteiger partial charge in [-0.2, -0.15) is 28.5 Å². The number of alkyl halides is 3. The lowest BCUT2D eigenvalue weighted by Gasteiger charge is -2.14. The maximum Gasteiger partial charge on any atom is 0.421 e. The first-order valence-corrected chi connectivity index (χ1v) is 8.85. The zero-order valence-electron chi connectivity index (χ0n) is 14.6. The average molecular weight is 377 g/mol. The van der Waals surface area contributed by atoms with Gasteiger partial charge in [0.25, 0.3) is 0 Å². The summed E-state index contributed by atoms with van der Waals surface area (Å²) < 4.78 is 41.1. The highest BCUT2D eigenvalue weighted by molar-refractivity contribution is 5.55. The lowest BCUT2D eigenvalue weighted by Crippen LogP contribution is -2.14. The quantitative estimate of drug-likeness (QED) is 0.795. The van der Waals surface area contributed by atoms with Gasteiger partial charge in [0.15, 0.2) is 0 Å². The van der Waals surface area contributed by atoms with Crippen LogP contribution in [0.3, 0.4) is 0 Å². The van der Waals surface area contributed by atoms with Crippen LogP contribution < -0.4 is 10.6 Å². The van der Waals surface area contributed by atoms with Crippen LogP contribution in [0.1, 0.15) is 49.4 Å². The molecule has 0 bridgehead atoms. The van der Waals surface area contributed by atoms with Crippen molar-refractivity contribution in [2.75, 3.05) is 17.2 Å². The Bertz CT molecular complexity index is 895. The summed E-state index contributed by atoms with van der Waals surface area (Å²) in [4.78, 5) is 7.83. The fraction of sp³-hybridized carbons (Fsp3) is 0.529. The van der Waals surface area contributed by atoms with Crippen molar-refractivity contribution in [3.05, 3.63) is 23.5 Å². The highest BCUT2D eigenvalue weighted by Gasteiger charge is 2.42. The van der Waals surface area contributed by atoms with Gasteiger partial charge in [0, 0.05) is 24.7 Å². The summed E-state index contributed by atoms with van der Waals surface area (Å²) in [6, 6.07) is 4.35. The molecule has 2 heterocycles. The third-order valence-electron chi connectivity index (χ3n) is 4.66. The third-order valence-corrected chi connectivity index (χ3v) is 4.66. The SMILES string of the molecule is CCNc1nc(Nc2cc([C@H]3C[C@H]3C#N)nn2C2CC2)ncc1C(F)(F)F. The van der Waals surface area contributed by atoms with Crippen LogP contribution in [0.5, 0.6) is 0 Å². The minimum Gasteiger partial charge on any atom is -0.370 e. The number of nitrogens with zero attached hydrogens (tertiary/aromatic N) is 5. The predicted molar refractivity (Wildman–Crippen MR) is 91.4 cm³/mol. The van der Waals surface area contributed by atoms with Crippen molar-refractivity contribution >= 4 is 17.6 Å². The molecule has 0 aliphatic heterocycles. The second-order valence-electron chi connectivity index (χ2n) is 6.82. The summed E-state index contributed by atoms with van der Waals surface area (Å²) in [6.45, 7) is 2.01. The van der Waals surface area contributed by atoms with Gasteiger partial charge >= 0.3 is 6.18 Å². The molecule has 2 fully saturated rings. The van der Waals surface area contributed by atoms with Gasteiger partial charge in [0.05, 0.1) is 23.7 Å². The monoisotopic (exact) mass is 377 g/mol. The molecule has 2 aromatic rings. The molecule has 2 saturated carbocycles. The molecule has 10 heteroatoms. The number of anilines is 3. The van der Waals surface area contributed by atoms with Crippen LogP contribution in [0.25, 0.3) is 0 Å². The van der Waals surface area contributed by atoms with E-state index in [2.05, 4.69) is 31.8 Å². The maximum atomic E-state index is 13.1. The van der Waals surface area contributed by atoms with Crippen LogP contribution in [0.2, 0.25) is 0 Å². The van der Waals surface area contributed by atoms with E-state index >= 15 is 0 Å². The fourth-order valence-electron chi connectivity index (χ4n) is 3.02. The highest BCUT2D eigenvalue weighted by Crippen LogP contribution is 2.48. The number of rotatable bonds is 6. The fourth-order valence-corrected chi connectivity index (χ4v) is 3.02. The summed E-state index contributed by atoms with van der Waals surface area (Å²) in [5.74, 6) is 0.564. The van der Waals surface area contributed by atoms with Gasteiger partial charge in [-0.3, -0.25) is 0 Å². The van der Waals surface area contributed by atoms with Crippen molar-refractivity contribution in [1.82, 2.24) is 19.7 Å². The van der Waals surface area contributed by atoms with Crippen molar-refractivity contribution in [1.29, 1.82) is 5.26 Å². The normalized spacial score (nSPS) is 21.6. The van der Waals surface area contributed by atoms with E-state index < -0.39 is 11.7 Å². The Balaban J connectivity index is 1.62. The standard InChI is InChI=1S/C17H18F3N7/c1-2-22-15-12(17(18,19)20)8-23-16(25-15)24-14-6-13(11-5-9(11)7-21)26-27(14)10-3-4-10/h6,8-11H,2-5H2,1H3,(H2,22,23,24,25)/t9-,11-/m0/s1. The zero-order valence-corrected chi connectivity index (χ0v) is 14.6. The topological polar surface area (TPSA) is 91.5 Å². The predicted octanol–water partition coefficient (Wildman–Crippen LogP) is 3.83. The summed E-state index contributed by atoms with van der Waals surface area (Å²) in [5.41, 5.74) is -0.0732. The van der Waals surface area contributed by atoms with Crippen molar-refractivity contribution in [2.24, 2.45) is 5.92 Å². The first-order valence-electron chi connectivity index (χ1n) is 8.85. The van der Waals surface area contributed by atoms with E-state index in [9.17, 15) is 13.2 Å². The number of aromatic nitrogens is 4. The zero-order chi connectivity index (χ0) is 19.2. The number of nitrogens with one attached hydrogen (secondary N) is 2. The van der Waals surface area contributed by atoms with Gasteiger partial charge in [-0.25, -0.2) is 9.67 Å². The largest absolute Gasteiger partial charge is 0.421 e. The lowest BCUT2D eigenvalue weighted by molar-refractivity contribution is -0.137. The summed E-state index contributed by atoms with van der Waals surface area (Å²) in [6.07, 6.45) is -0.966. The molecule has 2 aliphatic carbocycles. The lowest BCUT2D eigenvalue weighted by atomic mass is 10.2. The Morgan fingerprint density at radius 1 is 1.37 bits per heavy atom. The van der Waals surface area contributed by atoms with Crippen molar-refractivity contribution in [3.8, 4) is 6.07 Å². The Morgan fingerprint density at radius 2 is 2.15 bits per heavy atom. The smallest absolute Gasteiger partial charge is 0.370 e. The molecule has 2 N–H and O–H groups in total. The van der Waals surface area contributed by atoms with Gasteiger partial charge in [-0.15, -0.1) is 0 Å². The molecule has 7 nitrogen and oxygen atoms in total. The molecule has 0 aromatic carbocycles. The Kier molecular flexibility index (Phi) is 4.17. The van der Waals surface area contributed by atoms with E-state index in [4.69, 9.17) is 5.26 Å². The molecule has 0 amide bonds. The molecule has 2 atom stereocenters. The molecule has 0 saturated heterocycles. The maximum absolute atomic E-state index is 13.1. The summed E-state index contributed by atoms with van der Waals surface area (Å²) in [7, 11) is 0. The van der Waals surface area contributed by atoms with Crippen LogP contribution in [0.4, 0.5) is 30.8 Å². The second kappa shape index (κ2) is 6.40. The Labute approximate surface area is 153 Å². The van der Waals surface area contributed by atoms with Crippen LogP contribution in [0, 0.1) is 17.2 Å². The van der Waals surface area contributed by atoms with E-state index in [0.29, 0.717) is 12.4 Å². The van der Waals surface area contributed by atoms with Crippen LogP contribution in [-0.4, -0.2) is 26.3 Å². The molecule has 2 aromatic heterocycles. The van der Waals surface area contributed by atoms with E-state index in [1.54, 1.807) is 6.92 Å². The Hall–Kier alpha value is -2.83. The first kappa shape index (κ1) is 17.6. The summed E-state index contributed by atoms with van der Waals surface area (Å²) in [5, 5.41) is 19.3.